The van der Waals surface area contributed by atoms with Crippen LogP contribution in [0.5, 0.6) is 0 Å². The van der Waals surface area contributed by atoms with E-state index in [-0.39, 0.29) is 11.4 Å². The number of rotatable bonds is 4. The first-order valence-corrected chi connectivity index (χ1v) is 9.45. The predicted molar refractivity (Wildman–Crippen MR) is 105 cm³/mol. The van der Waals surface area contributed by atoms with Crippen LogP contribution in [0.4, 0.5) is 5.82 Å². The highest BCUT2D eigenvalue weighted by atomic mass is 16.2. The molecule has 0 spiro atoms. The Bertz CT molecular complexity index is 817. The Morgan fingerprint density at radius 2 is 2.00 bits per heavy atom. The van der Waals surface area contributed by atoms with Gasteiger partial charge in [0.25, 0.3) is 0 Å². The van der Waals surface area contributed by atoms with Crippen LogP contribution in [-0.2, 0) is 4.79 Å². The van der Waals surface area contributed by atoms with E-state index in [0.717, 1.165) is 35.9 Å². The number of likely N-dealkylation sites (tertiary alicyclic amines) is 1. The molecule has 0 saturated carbocycles. The molecule has 0 N–H and O–H groups in total. The maximum absolute atomic E-state index is 12.4. The molecule has 142 valence electrons. The van der Waals surface area contributed by atoms with Crippen molar-refractivity contribution in [3.05, 3.63) is 23.5 Å². The highest BCUT2D eigenvalue weighted by Gasteiger charge is 2.36. The van der Waals surface area contributed by atoms with E-state index in [9.17, 15) is 4.79 Å². The number of fused-ring (bicyclic) bond motifs is 1. The fraction of sp³-hybridized carbons (Fsp3) is 0.650. The Labute approximate surface area is 156 Å². The third-order valence-corrected chi connectivity index (χ3v) is 5.08. The molecule has 26 heavy (non-hydrogen) atoms. The van der Waals surface area contributed by atoms with Crippen LogP contribution in [0, 0.1) is 12.8 Å². The lowest BCUT2D eigenvalue weighted by Crippen LogP contribution is -2.42. The van der Waals surface area contributed by atoms with Crippen LogP contribution in [-0.4, -0.2) is 51.1 Å². The largest absolute Gasteiger partial charge is 0.359 e. The highest BCUT2D eigenvalue weighted by Crippen LogP contribution is 2.28. The molecule has 1 atom stereocenters. The fourth-order valence-corrected chi connectivity index (χ4v) is 3.69. The zero-order valence-corrected chi connectivity index (χ0v) is 17.1. The average Bonchev–Trinajstić information content (AvgIpc) is 3.07. The minimum Gasteiger partial charge on any atom is -0.359 e. The van der Waals surface area contributed by atoms with Gasteiger partial charge in [0.2, 0.25) is 5.91 Å². The smallest absolute Gasteiger partial charge is 0.223 e. The molecular formula is C20H31N5O. The molecule has 1 amide bonds. The Morgan fingerprint density at radius 3 is 2.58 bits per heavy atom. The molecule has 0 bridgehead atoms. The molecule has 1 aliphatic heterocycles. The first-order valence-electron chi connectivity index (χ1n) is 9.45. The summed E-state index contributed by atoms with van der Waals surface area (Å²) in [5.74, 6) is 1.97. The Balaban J connectivity index is 1.86. The maximum Gasteiger partial charge on any atom is 0.223 e. The first kappa shape index (κ1) is 18.7. The van der Waals surface area contributed by atoms with Gasteiger partial charge in [0.05, 0.1) is 5.69 Å². The van der Waals surface area contributed by atoms with Crippen molar-refractivity contribution in [3.8, 4) is 0 Å². The summed E-state index contributed by atoms with van der Waals surface area (Å²) in [4.78, 5) is 21.4. The quantitative estimate of drug-likeness (QED) is 0.843. The van der Waals surface area contributed by atoms with Crippen LogP contribution in [0.15, 0.2) is 12.1 Å². The number of carbonyl (C=O) groups is 1. The van der Waals surface area contributed by atoms with Gasteiger partial charge < -0.3 is 9.80 Å². The first-order chi connectivity index (χ1) is 12.1. The minimum atomic E-state index is -0.113. The van der Waals surface area contributed by atoms with Crippen LogP contribution in [0.1, 0.15) is 58.3 Å². The van der Waals surface area contributed by atoms with Crippen molar-refractivity contribution in [2.24, 2.45) is 5.92 Å². The fourth-order valence-electron chi connectivity index (χ4n) is 3.69. The molecule has 0 radical (unpaired) electrons. The number of anilines is 1. The van der Waals surface area contributed by atoms with Gasteiger partial charge in [-0.25, -0.2) is 4.98 Å². The number of carbonyl (C=O) groups excluding carboxylic acids is 1. The number of amides is 1. The van der Waals surface area contributed by atoms with Crippen molar-refractivity contribution in [1.82, 2.24) is 19.5 Å². The van der Waals surface area contributed by atoms with Crippen LogP contribution in [0.2, 0.25) is 0 Å². The van der Waals surface area contributed by atoms with Crippen LogP contribution < -0.4 is 4.90 Å². The third-order valence-electron chi connectivity index (χ3n) is 5.08. The van der Waals surface area contributed by atoms with Crippen LogP contribution in [0.3, 0.4) is 0 Å². The van der Waals surface area contributed by atoms with Crippen LogP contribution >= 0.6 is 0 Å². The lowest BCUT2D eigenvalue weighted by atomic mass is 10.1. The molecule has 6 heteroatoms. The lowest BCUT2D eigenvalue weighted by Gasteiger charge is -2.32. The van der Waals surface area contributed by atoms with Crippen molar-refractivity contribution in [3.63, 3.8) is 0 Å². The maximum atomic E-state index is 12.4. The van der Waals surface area contributed by atoms with E-state index < -0.39 is 0 Å². The third kappa shape index (κ3) is 3.55. The normalized spacial score (nSPS) is 18.4. The molecule has 3 heterocycles. The van der Waals surface area contributed by atoms with Gasteiger partial charge in [-0.1, -0.05) is 13.8 Å². The van der Waals surface area contributed by atoms with Gasteiger partial charge in [0.15, 0.2) is 5.65 Å². The minimum absolute atomic E-state index is 0.113. The monoisotopic (exact) mass is 357 g/mol. The average molecular weight is 358 g/mol. The van der Waals surface area contributed by atoms with Gasteiger partial charge >= 0.3 is 0 Å². The molecule has 2 aromatic rings. The second-order valence-corrected chi connectivity index (χ2v) is 8.88. The summed E-state index contributed by atoms with van der Waals surface area (Å²) in [5.41, 5.74) is 2.80. The Kier molecular flexibility index (Phi) is 4.71. The molecule has 0 aliphatic carbocycles. The van der Waals surface area contributed by atoms with Crippen molar-refractivity contribution >= 4 is 17.4 Å². The van der Waals surface area contributed by atoms with Crippen molar-refractivity contribution in [2.75, 3.05) is 25.0 Å². The molecule has 2 aromatic heterocycles. The van der Waals surface area contributed by atoms with Crippen molar-refractivity contribution in [2.45, 2.75) is 59.4 Å². The Hall–Kier alpha value is -2.11. The summed E-state index contributed by atoms with van der Waals surface area (Å²) in [6.07, 6.45) is 0.616. The molecule has 3 rings (SSSR count). The van der Waals surface area contributed by atoms with Crippen molar-refractivity contribution < 1.29 is 4.79 Å². The molecule has 1 aliphatic rings. The molecule has 1 saturated heterocycles. The zero-order valence-electron chi connectivity index (χ0n) is 17.1. The summed E-state index contributed by atoms with van der Waals surface area (Å²) in [7, 11) is 2.08. The molecular weight excluding hydrogens is 326 g/mol. The van der Waals surface area contributed by atoms with E-state index in [1.807, 2.05) is 22.4 Å². The predicted octanol–water partition coefficient (Wildman–Crippen LogP) is 3.24. The van der Waals surface area contributed by atoms with Crippen molar-refractivity contribution in [1.29, 1.82) is 0 Å². The van der Waals surface area contributed by atoms with Gasteiger partial charge in [-0.15, -0.1) is 0 Å². The molecule has 6 nitrogen and oxygen atoms in total. The standard InChI is InChI=1S/C20H31N5O/c1-13(2)16-10-18(25-17(21-16)8-14(3)22-25)23(7)11-15-9-19(26)24(12-15)20(4,5)6/h8,10,13,15H,9,11-12H2,1-7H3/t15-/m1/s1. The van der Waals surface area contributed by atoms with Gasteiger partial charge in [-0.05, 0) is 33.6 Å². The highest BCUT2D eigenvalue weighted by molar-refractivity contribution is 5.79. The van der Waals surface area contributed by atoms with E-state index in [4.69, 9.17) is 4.98 Å². The van der Waals surface area contributed by atoms with Gasteiger partial charge in [-0.2, -0.15) is 9.61 Å². The second kappa shape index (κ2) is 6.56. The molecule has 0 aromatic carbocycles. The van der Waals surface area contributed by atoms with E-state index >= 15 is 0 Å². The number of nitrogens with zero attached hydrogens (tertiary/aromatic N) is 5. The van der Waals surface area contributed by atoms with Gasteiger partial charge in [0, 0.05) is 55.8 Å². The zero-order chi connectivity index (χ0) is 19.2. The van der Waals surface area contributed by atoms with E-state index in [0.29, 0.717) is 18.3 Å². The van der Waals surface area contributed by atoms with E-state index in [1.165, 1.54) is 0 Å². The van der Waals surface area contributed by atoms with E-state index in [1.54, 1.807) is 0 Å². The summed E-state index contributed by atoms with van der Waals surface area (Å²) in [6, 6.07) is 4.14. The summed E-state index contributed by atoms with van der Waals surface area (Å²) in [5, 5.41) is 4.61. The van der Waals surface area contributed by atoms with E-state index in [2.05, 4.69) is 57.7 Å². The number of hydrogen-bond donors (Lipinski definition) is 0. The number of aromatic nitrogens is 3. The number of hydrogen-bond acceptors (Lipinski definition) is 4. The summed E-state index contributed by atoms with van der Waals surface area (Å²) >= 11 is 0. The SMILES string of the molecule is Cc1cc2nc(C(C)C)cc(N(C)C[C@H]3CC(=O)N(C(C)(C)C)C3)n2n1. The summed E-state index contributed by atoms with van der Waals surface area (Å²) < 4.78 is 1.92. The lowest BCUT2D eigenvalue weighted by molar-refractivity contribution is -0.131. The topological polar surface area (TPSA) is 53.7 Å². The summed E-state index contributed by atoms with van der Waals surface area (Å²) in [6.45, 7) is 14.3. The van der Waals surface area contributed by atoms with Gasteiger partial charge in [-0.3, -0.25) is 4.79 Å². The molecule has 0 unspecified atom stereocenters. The number of aryl methyl sites for hydroxylation is 1. The molecule has 1 fully saturated rings. The second-order valence-electron chi connectivity index (χ2n) is 8.88. The van der Waals surface area contributed by atoms with Gasteiger partial charge in [0.1, 0.15) is 5.82 Å². The Morgan fingerprint density at radius 1 is 1.31 bits per heavy atom. The van der Waals surface area contributed by atoms with Crippen LogP contribution in [0.25, 0.3) is 5.65 Å².